The fourth-order valence-corrected chi connectivity index (χ4v) is 13.7. The van der Waals surface area contributed by atoms with Crippen molar-refractivity contribution in [3.63, 3.8) is 0 Å². The summed E-state index contributed by atoms with van der Waals surface area (Å²) in [5.41, 5.74) is 9.53. The van der Waals surface area contributed by atoms with Crippen LogP contribution in [0.2, 0.25) is 45.2 Å². The lowest BCUT2D eigenvalue weighted by atomic mass is 9.97. The van der Waals surface area contributed by atoms with Crippen molar-refractivity contribution in [1.82, 2.24) is 15.1 Å². The minimum atomic E-state index is 0.0161. The molecule has 6 atom stereocenters. The number of hydrogen-bond donors (Lipinski definition) is 1. The van der Waals surface area contributed by atoms with Crippen molar-refractivity contribution >= 4 is 121 Å². The average molecular weight is 1360 g/mol. The monoisotopic (exact) mass is 1360 g/mol. The van der Waals surface area contributed by atoms with E-state index in [1.54, 1.807) is 33.5 Å². The summed E-state index contributed by atoms with van der Waals surface area (Å²) < 4.78 is 16.5. The van der Waals surface area contributed by atoms with Gasteiger partial charge < -0.3 is 34.2 Å². The molecule has 0 bridgehead atoms. The van der Waals surface area contributed by atoms with Crippen molar-refractivity contribution in [3.05, 3.63) is 261 Å². The SMILES string of the molecule is COC[C@H]1CN(c2ccc(Cl)cc2)[C@H](c2ccc(Cl)cc2Cl)CN1.COC[C@H]1CN(c2ccc(Cl)cc2)[C@H](c2ccc(Cl)cc2Cl)CN1Cc1ccc(C#N)cc1.COC[C@H]1CN(c2ccc(Cl)cc2)[C@H](c2ccc(Cl)cc2Cl)CN1Cc1ccccc1. The Morgan fingerprint density at radius 1 is 0.409 bits per heavy atom. The number of anilines is 3. The van der Waals surface area contributed by atoms with Crippen LogP contribution in [0.1, 0.15) is 51.5 Å². The van der Waals surface area contributed by atoms with Crippen molar-refractivity contribution in [3.8, 4) is 6.07 Å². The highest BCUT2D eigenvalue weighted by Crippen LogP contribution is 2.41. The number of methoxy groups -OCH3 is 3. The van der Waals surface area contributed by atoms with Crippen LogP contribution >= 0.6 is 104 Å². The number of piperazine rings is 3. The Labute approximate surface area is 562 Å². The van der Waals surface area contributed by atoms with E-state index < -0.39 is 0 Å². The van der Waals surface area contributed by atoms with Crippen molar-refractivity contribution in [2.75, 3.05) is 95.1 Å². The standard InChI is InChI=1S/C26H24Cl3N3O.C25H25Cl3N2O.C18H19Cl3N2O/c1-33-17-23-15-32(22-9-6-20(27)7-10-22)26(24-11-8-21(28)12-25(24)29)16-31(23)14-19-4-2-18(13-30)3-5-19;1-31-17-22-15-30(21-10-7-19(26)8-11-21)25(23-12-9-20(27)13-24(23)28)16-29(22)14-18-5-3-2-4-6-18;1-24-11-14-10-23(15-5-2-12(19)3-6-15)18(9-22-14)16-7-4-13(20)8-17(16)21/h2-12,23,26H,14-17H2,1H3;2-13,22,25H,14-17H2,1H3;2-8,14,18,22H,9-11H2,1H3/t23-,26+;22-,25+;14-,18+/m111/s1. The molecule has 3 aliphatic heterocycles. The van der Waals surface area contributed by atoms with Gasteiger partial charge in [-0.2, -0.15) is 5.26 Å². The van der Waals surface area contributed by atoms with E-state index in [4.69, 9.17) is 124 Å². The average Bonchev–Trinajstić information content (AvgIpc) is 2.34. The lowest BCUT2D eigenvalue weighted by Crippen LogP contribution is -2.56. The summed E-state index contributed by atoms with van der Waals surface area (Å²) in [5.74, 6) is 0. The first kappa shape index (κ1) is 67.4. The second-order valence-electron chi connectivity index (χ2n) is 21.9. The summed E-state index contributed by atoms with van der Waals surface area (Å²) in [6.45, 7) is 8.23. The van der Waals surface area contributed by atoms with Gasteiger partial charge in [-0.15, -0.1) is 0 Å². The van der Waals surface area contributed by atoms with Crippen LogP contribution in [0.3, 0.4) is 0 Å². The van der Waals surface area contributed by atoms with Crippen LogP contribution in [-0.2, 0) is 27.3 Å². The van der Waals surface area contributed by atoms with Crippen LogP contribution in [0.15, 0.2) is 182 Å². The third kappa shape index (κ3) is 17.9. The van der Waals surface area contributed by atoms with Gasteiger partial charge in [-0.25, -0.2) is 0 Å². The Bertz CT molecular complexity index is 3550. The molecule has 11 rings (SSSR count). The number of rotatable bonds is 16. The van der Waals surface area contributed by atoms with Crippen LogP contribution in [0.5, 0.6) is 0 Å². The number of nitrogens with zero attached hydrogens (tertiary/aromatic N) is 6. The molecule has 0 unspecified atom stereocenters. The lowest BCUT2D eigenvalue weighted by molar-refractivity contribution is 0.0644. The van der Waals surface area contributed by atoms with Gasteiger partial charge in [0.15, 0.2) is 0 Å². The number of nitriles is 1. The lowest BCUT2D eigenvalue weighted by Gasteiger charge is -2.48. The smallest absolute Gasteiger partial charge is 0.0991 e. The predicted octanol–water partition coefficient (Wildman–Crippen LogP) is 18.1. The van der Waals surface area contributed by atoms with Crippen LogP contribution in [0.4, 0.5) is 17.1 Å². The van der Waals surface area contributed by atoms with E-state index in [2.05, 4.69) is 72.3 Å². The highest BCUT2D eigenvalue weighted by molar-refractivity contribution is 6.36. The highest BCUT2D eigenvalue weighted by atomic mass is 35.5. The van der Waals surface area contributed by atoms with Crippen molar-refractivity contribution in [2.45, 2.75) is 49.3 Å². The number of ether oxygens (including phenoxy) is 3. The molecular weight excluding hydrogens is 1290 g/mol. The van der Waals surface area contributed by atoms with Crippen LogP contribution in [0.25, 0.3) is 0 Å². The van der Waals surface area contributed by atoms with E-state index in [-0.39, 0.29) is 36.3 Å². The largest absolute Gasteiger partial charge is 0.383 e. The normalized spacial score (nSPS) is 19.7. The molecule has 0 aliphatic carbocycles. The summed E-state index contributed by atoms with van der Waals surface area (Å²) in [6.07, 6.45) is 0. The molecule has 0 aromatic heterocycles. The van der Waals surface area contributed by atoms with Crippen LogP contribution in [-0.4, -0.2) is 108 Å². The van der Waals surface area contributed by atoms with Crippen LogP contribution in [0, 0.1) is 11.3 Å². The molecule has 0 radical (unpaired) electrons. The topological polar surface area (TPSA) is 79.7 Å². The Morgan fingerprint density at radius 2 is 0.773 bits per heavy atom. The molecule has 8 aromatic carbocycles. The third-order valence-electron chi connectivity index (χ3n) is 16.0. The number of benzene rings is 8. The van der Waals surface area contributed by atoms with Gasteiger partial charge in [0.2, 0.25) is 0 Å². The molecule has 10 nitrogen and oxygen atoms in total. The Hall–Kier alpha value is -4.98. The molecule has 88 heavy (non-hydrogen) atoms. The van der Waals surface area contributed by atoms with Gasteiger partial charge in [-0.1, -0.05) is 165 Å². The van der Waals surface area contributed by atoms with Gasteiger partial charge in [-0.3, -0.25) is 9.80 Å². The summed E-state index contributed by atoms with van der Waals surface area (Å²) in [6, 6.07) is 62.2. The number of halogens is 9. The maximum absolute atomic E-state index is 9.11. The van der Waals surface area contributed by atoms with Crippen molar-refractivity contribution in [1.29, 1.82) is 5.26 Å². The first-order valence-electron chi connectivity index (χ1n) is 28.7. The molecule has 1 N–H and O–H groups in total. The Kier molecular flexibility index (Phi) is 25.2. The molecule has 0 saturated carbocycles. The van der Waals surface area contributed by atoms with Crippen LogP contribution < -0.4 is 20.0 Å². The van der Waals surface area contributed by atoms with E-state index in [0.717, 1.165) is 102 Å². The second-order valence-corrected chi connectivity index (χ2v) is 25.7. The predicted molar refractivity (Wildman–Crippen MR) is 367 cm³/mol. The third-order valence-corrected chi connectivity index (χ3v) is 18.5. The molecule has 0 amide bonds. The quantitative estimate of drug-likeness (QED) is 0.101. The molecule has 3 aliphatic rings. The second kappa shape index (κ2) is 32.9. The zero-order valence-corrected chi connectivity index (χ0v) is 55.7. The van der Waals surface area contributed by atoms with Gasteiger partial charge in [0.1, 0.15) is 0 Å². The van der Waals surface area contributed by atoms with Gasteiger partial charge >= 0.3 is 0 Å². The van der Waals surface area contributed by atoms with Gasteiger partial charge in [0, 0.05) is 142 Å². The summed E-state index contributed by atoms with van der Waals surface area (Å²) in [4.78, 5) is 12.0. The molecule has 19 heteroatoms. The van der Waals surface area contributed by atoms with Crippen molar-refractivity contribution in [2.24, 2.45) is 0 Å². The van der Waals surface area contributed by atoms with E-state index >= 15 is 0 Å². The highest BCUT2D eigenvalue weighted by Gasteiger charge is 2.38. The minimum absolute atomic E-state index is 0.0161. The fourth-order valence-electron chi connectivity index (χ4n) is 11.7. The van der Waals surface area contributed by atoms with Gasteiger partial charge in [0.25, 0.3) is 0 Å². The van der Waals surface area contributed by atoms with E-state index in [1.807, 2.05) is 133 Å². The fraction of sp³-hybridized carbons (Fsp3) is 0.290. The maximum atomic E-state index is 9.11. The van der Waals surface area contributed by atoms with E-state index in [9.17, 15) is 0 Å². The van der Waals surface area contributed by atoms with Gasteiger partial charge in [0.05, 0.1) is 61.7 Å². The number of hydrogen-bond acceptors (Lipinski definition) is 10. The Morgan fingerprint density at radius 3 is 1.15 bits per heavy atom. The summed E-state index contributed by atoms with van der Waals surface area (Å²) in [7, 11) is 5.21. The molecule has 3 fully saturated rings. The summed E-state index contributed by atoms with van der Waals surface area (Å²) >= 11 is 56.6. The molecule has 8 aromatic rings. The van der Waals surface area contributed by atoms with Crippen molar-refractivity contribution < 1.29 is 14.2 Å². The molecule has 0 spiro atoms. The van der Waals surface area contributed by atoms with E-state index in [1.165, 1.54) is 5.56 Å². The Balaban J connectivity index is 0.000000159. The number of nitrogens with one attached hydrogen (secondary N) is 1. The zero-order valence-electron chi connectivity index (χ0n) is 48.9. The molecule has 460 valence electrons. The molecule has 3 saturated heterocycles. The van der Waals surface area contributed by atoms with Gasteiger partial charge in [-0.05, 0) is 149 Å². The van der Waals surface area contributed by atoms with E-state index in [0.29, 0.717) is 60.5 Å². The molecule has 3 heterocycles. The summed E-state index contributed by atoms with van der Waals surface area (Å²) in [5, 5.41) is 18.7. The molecular formula is C69H68Cl9N7O3. The minimum Gasteiger partial charge on any atom is -0.383 e. The zero-order chi connectivity index (χ0) is 62.3. The first-order valence-corrected chi connectivity index (χ1v) is 32.1. The first-order chi connectivity index (χ1) is 42.6. The maximum Gasteiger partial charge on any atom is 0.0991 e.